The summed E-state index contributed by atoms with van der Waals surface area (Å²) < 4.78 is 0. The van der Waals surface area contributed by atoms with E-state index < -0.39 is 54.0 Å². The van der Waals surface area contributed by atoms with Crippen LogP contribution in [0.2, 0.25) is 0 Å². The van der Waals surface area contributed by atoms with Crippen LogP contribution in [0.1, 0.15) is 37.3 Å². The molecule has 3 amide bonds. The maximum Gasteiger partial charge on any atom is 0.326 e. The zero-order chi connectivity index (χ0) is 30.6. The van der Waals surface area contributed by atoms with Gasteiger partial charge in [0.2, 0.25) is 17.7 Å². The van der Waals surface area contributed by atoms with Gasteiger partial charge < -0.3 is 42.6 Å². The molecule has 0 aliphatic rings. The maximum absolute atomic E-state index is 13.2. The number of hydrogen-bond acceptors (Lipinski definition) is 7. The Labute approximate surface area is 244 Å². The highest BCUT2D eigenvalue weighted by Crippen LogP contribution is 2.19. The predicted octanol–water partition coefficient (Wildman–Crippen LogP) is 0.329. The third kappa shape index (κ3) is 9.13. The van der Waals surface area contributed by atoms with Gasteiger partial charge in [0.15, 0.2) is 0 Å². The van der Waals surface area contributed by atoms with Crippen LogP contribution in [-0.4, -0.2) is 75.7 Å². The summed E-state index contributed by atoms with van der Waals surface area (Å²) in [7, 11) is 0. The molecule has 1 heterocycles. The first kappa shape index (κ1) is 32.3. The molecule has 2 aromatic carbocycles. The Kier molecular flexibility index (Phi) is 12.0. The number of aromatic nitrogens is 1. The summed E-state index contributed by atoms with van der Waals surface area (Å²) in [4.78, 5) is 54.4. The number of benzene rings is 2. The molecule has 3 aromatic rings. The zero-order valence-electron chi connectivity index (χ0n) is 23.6. The molecule has 226 valence electrons. The lowest BCUT2D eigenvalue weighted by atomic mass is 10.0. The van der Waals surface area contributed by atoms with E-state index in [4.69, 9.17) is 11.5 Å². The highest BCUT2D eigenvalue weighted by atomic mass is 16.4. The number of nitrogens with one attached hydrogen (secondary N) is 4. The Balaban J connectivity index is 1.68. The fourth-order valence-corrected chi connectivity index (χ4v) is 4.64. The van der Waals surface area contributed by atoms with Crippen LogP contribution in [0.15, 0.2) is 60.8 Å². The number of carboxylic acid groups (broad SMARTS) is 1. The van der Waals surface area contributed by atoms with Crippen molar-refractivity contribution in [1.82, 2.24) is 20.9 Å². The lowest BCUT2D eigenvalue weighted by Gasteiger charge is -2.26. The summed E-state index contributed by atoms with van der Waals surface area (Å²) in [6, 6.07) is 11.6. The number of carbonyl (C=O) groups excluding carboxylic acids is 3. The van der Waals surface area contributed by atoms with Crippen molar-refractivity contribution in [2.75, 3.05) is 6.54 Å². The van der Waals surface area contributed by atoms with Crippen molar-refractivity contribution < 1.29 is 29.4 Å². The van der Waals surface area contributed by atoms with Crippen LogP contribution in [0.25, 0.3) is 10.9 Å². The zero-order valence-corrected chi connectivity index (χ0v) is 23.6. The number of para-hydroxylation sites is 1. The van der Waals surface area contributed by atoms with Crippen LogP contribution < -0.4 is 27.4 Å². The molecule has 1 aromatic heterocycles. The molecular formula is C30H40N6O6. The number of fused-ring (bicyclic) bond motifs is 1. The summed E-state index contributed by atoms with van der Waals surface area (Å²) in [5.41, 5.74) is 14.2. The number of unbranched alkanes of at least 4 members (excludes halogenated alkanes) is 1. The van der Waals surface area contributed by atoms with Gasteiger partial charge in [-0.2, -0.15) is 0 Å². The molecule has 0 fully saturated rings. The Bertz CT molecular complexity index is 1340. The van der Waals surface area contributed by atoms with Gasteiger partial charge in [-0.3, -0.25) is 14.4 Å². The number of nitrogens with two attached hydrogens (primary N) is 2. The van der Waals surface area contributed by atoms with Crippen LogP contribution >= 0.6 is 0 Å². The van der Waals surface area contributed by atoms with Gasteiger partial charge in [0, 0.05) is 23.5 Å². The molecule has 42 heavy (non-hydrogen) atoms. The number of aliphatic hydroxyl groups excluding tert-OH is 1. The molecule has 0 aliphatic carbocycles. The number of carbonyl (C=O) groups is 4. The molecule has 0 saturated heterocycles. The van der Waals surface area contributed by atoms with E-state index in [1.165, 1.54) is 6.92 Å². The number of hydrogen-bond donors (Lipinski definition) is 8. The van der Waals surface area contributed by atoms with Crippen LogP contribution in [0, 0.1) is 0 Å². The SMILES string of the molecule is CC(O)C(NC(=O)C(N)Cc1c[nH]c2ccccc12)C(=O)NC(CCCCN)C(=O)NC(Cc1ccccc1)C(=O)O. The highest BCUT2D eigenvalue weighted by Gasteiger charge is 2.32. The summed E-state index contributed by atoms with van der Waals surface area (Å²) in [5.74, 6) is -3.38. The second-order valence-corrected chi connectivity index (χ2v) is 10.3. The molecular weight excluding hydrogens is 540 g/mol. The molecule has 5 unspecified atom stereocenters. The number of aliphatic carboxylic acids is 1. The van der Waals surface area contributed by atoms with E-state index in [1.54, 1.807) is 36.5 Å². The molecule has 10 N–H and O–H groups in total. The van der Waals surface area contributed by atoms with Crippen molar-refractivity contribution in [3.8, 4) is 0 Å². The predicted molar refractivity (Wildman–Crippen MR) is 158 cm³/mol. The van der Waals surface area contributed by atoms with Crippen LogP contribution in [0.3, 0.4) is 0 Å². The van der Waals surface area contributed by atoms with Crippen molar-refractivity contribution in [2.45, 2.75) is 69.3 Å². The topological polar surface area (TPSA) is 213 Å². The van der Waals surface area contributed by atoms with Crippen molar-refractivity contribution in [2.24, 2.45) is 11.5 Å². The highest BCUT2D eigenvalue weighted by molar-refractivity contribution is 5.94. The van der Waals surface area contributed by atoms with E-state index in [-0.39, 0.29) is 19.3 Å². The molecule has 5 atom stereocenters. The Morgan fingerprint density at radius 2 is 1.52 bits per heavy atom. The number of aromatic amines is 1. The average molecular weight is 581 g/mol. The monoisotopic (exact) mass is 580 g/mol. The summed E-state index contributed by atoms with van der Waals surface area (Å²) in [5, 5.41) is 28.6. The standard InChI is InChI=1S/C30H40N6O6/c1-18(37)26(36-27(38)22(32)16-20-17-33-23-12-6-5-11-21(20)23)29(40)34-24(13-7-8-14-31)28(39)35-25(30(41)42)15-19-9-3-2-4-10-19/h2-6,9-12,17-18,22,24-26,33,37H,7-8,13-16,31-32H2,1H3,(H,34,40)(H,35,39)(H,36,38)(H,41,42). The van der Waals surface area contributed by atoms with Gasteiger partial charge >= 0.3 is 5.97 Å². The van der Waals surface area contributed by atoms with Crippen molar-refractivity contribution >= 4 is 34.6 Å². The first-order valence-corrected chi connectivity index (χ1v) is 14.0. The average Bonchev–Trinajstić information content (AvgIpc) is 3.37. The summed E-state index contributed by atoms with van der Waals surface area (Å²) >= 11 is 0. The third-order valence-electron chi connectivity index (χ3n) is 6.99. The van der Waals surface area contributed by atoms with Gasteiger partial charge in [-0.05, 0) is 56.3 Å². The normalized spacial score (nSPS) is 14.8. The minimum atomic E-state index is -1.41. The lowest BCUT2D eigenvalue weighted by Crippen LogP contribution is -2.60. The number of rotatable bonds is 16. The first-order chi connectivity index (χ1) is 20.1. The van der Waals surface area contributed by atoms with Gasteiger partial charge in [-0.1, -0.05) is 48.5 Å². The summed E-state index contributed by atoms with van der Waals surface area (Å²) in [6.07, 6.45) is 1.92. The van der Waals surface area contributed by atoms with Gasteiger partial charge in [-0.25, -0.2) is 4.79 Å². The second-order valence-electron chi connectivity index (χ2n) is 10.3. The minimum absolute atomic E-state index is 0.0477. The third-order valence-corrected chi connectivity index (χ3v) is 6.99. The molecule has 0 saturated carbocycles. The van der Waals surface area contributed by atoms with E-state index in [0.29, 0.717) is 19.4 Å². The van der Waals surface area contributed by atoms with Gasteiger partial charge in [-0.15, -0.1) is 0 Å². The number of carboxylic acids is 1. The molecule has 12 heteroatoms. The fraction of sp³-hybridized carbons (Fsp3) is 0.400. The van der Waals surface area contributed by atoms with Crippen LogP contribution in [-0.2, 0) is 32.0 Å². The molecule has 3 rings (SSSR count). The minimum Gasteiger partial charge on any atom is -0.480 e. The number of aliphatic hydroxyl groups is 1. The second kappa shape index (κ2) is 15.7. The number of amides is 3. The molecule has 0 radical (unpaired) electrons. The van der Waals surface area contributed by atoms with E-state index in [1.807, 2.05) is 24.3 Å². The van der Waals surface area contributed by atoms with Gasteiger partial charge in [0.1, 0.15) is 18.1 Å². The van der Waals surface area contributed by atoms with Crippen LogP contribution in [0.4, 0.5) is 0 Å². The van der Waals surface area contributed by atoms with E-state index in [9.17, 15) is 29.4 Å². The van der Waals surface area contributed by atoms with E-state index >= 15 is 0 Å². The maximum atomic E-state index is 13.2. The van der Waals surface area contributed by atoms with Crippen molar-refractivity contribution in [3.63, 3.8) is 0 Å². The largest absolute Gasteiger partial charge is 0.480 e. The smallest absolute Gasteiger partial charge is 0.326 e. The van der Waals surface area contributed by atoms with Gasteiger partial charge in [0.25, 0.3) is 0 Å². The molecule has 0 aliphatic heterocycles. The van der Waals surface area contributed by atoms with E-state index in [2.05, 4.69) is 20.9 Å². The van der Waals surface area contributed by atoms with Gasteiger partial charge in [0.05, 0.1) is 12.1 Å². The first-order valence-electron chi connectivity index (χ1n) is 14.0. The Morgan fingerprint density at radius 1 is 0.857 bits per heavy atom. The number of H-pyrrole nitrogens is 1. The van der Waals surface area contributed by atoms with Crippen molar-refractivity contribution in [1.29, 1.82) is 0 Å². The van der Waals surface area contributed by atoms with Crippen LogP contribution in [0.5, 0.6) is 0 Å². The fourth-order valence-electron chi connectivity index (χ4n) is 4.64. The quantitative estimate of drug-likeness (QED) is 0.110. The van der Waals surface area contributed by atoms with E-state index in [0.717, 1.165) is 22.0 Å². The molecule has 12 nitrogen and oxygen atoms in total. The Morgan fingerprint density at radius 3 is 2.19 bits per heavy atom. The molecule has 0 bridgehead atoms. The molecule has 0 spiro atoms. The summed E-state index contributed by atoms with van der Waals surface area (Å²) in [6.45, 7) is 1.70. The lowest BCUT2D eigenvalue weighted by molar-refractivity contribution is -0.142. The Hall–Kier alpha value is -4.26. The van der Waals surface area contributed by atoms with Crippen molar-refractivity contribution in [3.05, 3.63) is 71.9 Å².